The quantitative estimate of drug-likeness (QED) is 0.851. The van der Waals surface area contributed by atoms with E-state index in [2.05, 4.69) is 22.0 Å². The van der Waals surface area contributed by atoms with Crippen molar-refractivity contribution in [2.45, 2.75) is 18.9 Å². The summed E-state index contributed by atoms with van der Waals surface area (Å²) < 4.78 is 18.4. The molecule has 1 unspecified atom stereocenters. The average molecular weight is 266 g/mol. The number of anilines is 1. The van der Waals surface area contributed by atoms with Crippen molar-refractivity contribution >= 4 is 11.7 Å². The molecule has 19 heavy (non-hydrogen) atoms. The van der Waals surface area contributed by atoms with Gasteiger partial charge in [-0.2, -0.15) is 0 Å². The van der Waals surface area contributed by atoms with Gasteiger partial charge in [0.2, 0.25) is 0 Å². The van der Waals surface area contributed by atoms with E-state index in [0.29, 0.717) is 11.3 Å². The first kappa shape index (κ1) is 13.8. The van der Waals surface area contributed by atoms with Crippen LogP contribution in [0.2, 0.25) is 0 Å². The monoisotopic (exact) mass is 266 g/mol. The number of hydrogen-bond acceptors (Lipinski definition) is 4. The molecule has 1 N–H and O–H groups in total. The molecule has 104 valence electrons. The van der Waals surface area contributed by atoms with Crippen molar-refractivity contribution in [2.75, 3.05) is 32.6 Å². The van der Waals surface area contributed by atoms with Crippen molar-refractivity contribution in [2.24, 2.45) is 0 Å². The molecule has 2 rings (SSSR count). The molecule has 4 nitrogen and oxygen atoms in total. The number of piperidine rings is 1. The number of carbonyl (C=O) groups excluding carboxylic acids is 1. The van der Waals surface area contributed by atoms with Gasteiger partial charge in [-0.05, 0) is 44.6 Å². The Morgan fingerprint density at radius 2 is 2.32 bits per heavy atom. The number of halogens is 1. The Kier molecular flexibility index (Phi) is 4.37. The molecule has 0 bridgehead atoms. The van der Waals surface area contributed by atoms with E-state index in [1.807, 2.05) is 0 Å². The lowest BCUT2D eigenvalue weighted by Crippen LogP contribution is -2.39. The van der Waals surface area contributed by atoms with Gasteiger partial charge in [0.25, 0.3) is 0 Å². The summed E-state index contributed by atoms with van der Waals surface area (Å²) in [6.45, 7) is 1.95. The zero-order chi connectivity index (χ0) is 13.8. The Bertz CT molecular complexity index is 465. The summed E-state index contributed by atoms with van der Waals surface area (Å²) in [7, 11) is 3.37. The Morgan fingerprint density at radius 3 is 3.00 bits per heavy atom. The molecule has 5 heteroatoms. The minimum atomic E-state index is -0.455. The van der Waals surface area contributed by atoms with E-state index < -0.39 is 5.97 Å². The van der Waals surface area contributed by atoms with E-state index in [9.17, 15) is 9.18 Å². The second-order valence-corrected chi connectivity index (χ2v) is 4.93. The van der Waals surface area contributed by atoms with Crippen LogP contribution in [0.1, 0.15) is 23.2 Å². The van der Waals surface area contributed by atoms with Gasteiger partial charge in [-0.1, -0.05) is 0 Å². The summed E-state index contributed by atoms with van der Waals surface area (Å²) >= 11 is 0. The SMILES string of the molecule is COC(=O)c1ccc(F)c(NC2CCCN(C)C2)c1. The van der Waals surface area contributed by atoms with Gasteiger partial charge in [0.05, 0.1) is 18.4 Å². The second-order valence-electron chi connectivity index (χ2n) is 4.93. The van der Waals surface area contributed by atoms with Gasteiger partial charge in [-0.25, -0.2) is 9.18 Å². The van der Waals surface area contributed by atoms with Gasteiger partial charge in [0, 0.05) is 12.6 Å². The van der Waals surface area contributed by atoms with Crippen LogP contribution in [0.4, 0.5) is 10.1 Å². The number of esters is 1. The van der Waals surface area contributed by atoms with E-state index >= 15 is 0 Å². The molecule has 1 saturated heterocycles. The van der Waals surface area contributed by atoms with Gasteiger partial charge in [-0.15, -0.1) is 0 Å². The molecule has 0 radical (unpaired) electrons. The predicted molar refractivity (Wildman–Crippen MR) is 71.9 cm³/mol. The van der Waals surface area contributed by atoms with Crippen molar-refractivity contribution in [3.63, 3.8) is 0 Å². The maximum atomic E-state index is 13.8. The summed E-state index contributed by atoms with van der Waals surface area (Å²) in [5, 5.41) is 3.17. The number of nitrogens with zero attached hydrogens (tertiary/aromatic N) is 1. The third-order valence-corrected chi connectivity index (χ3v) is 3.37. The standard InChI is InChI=1S/C14H19FN2O2/c1-17-7-3-4-11(9-17)16-13-8-10(14(18)19-2)5-6-12(13)15/h5-6,8,11,16H,3-4,7,9H2,1-2H3. The van der Waals surface area contributed by atoms with Crippen LogP contribution < -0.4 is 5.32 Å². The van der Waals surface area contributed by atoms with Crippen molar-refractivity contribution in [3.05, 3.63) is 29.6 Å². The highest BCUT2D eigenvalue weighted by molar-refractivity contribution is 5.90. The van der Waals surface area contributed by atoms with Gasteiger partial charge >= 0.3 is 5.97 Å². The van der Waals surface area contributed by atoms with E-state index in [4.69, 9.17) is 0 Å². The number of hydrogen-bond donors (Lipinski definition) is 1. The van der Waals surface area contributed by atoms with Gasteiger partial charge < -0.3 is 15.0 Å². The Morgan fingerprint density at radius 1 is 1.53 bits per heavy atom. The highest BCUT2D eigenvalue weighted by Gasteiger charge is 2.18. The number of carbonyl (C=O) groups is 1. The van der Waals surface area contributed by atoms with Crippen LogP contribution in [0.5, 0.6) is 0 Å². The molecule has 1 aromatic rings. The van der Waals surface area contributed by atoms with E-state index in [1.54, 1.807) is 0 Å². The summed E-state index contributed by atoms with van der Waals surface area (Å²) in [4.78, 5) is 13.7. The van der Waals surface area contributed by atoms with Gasteiger partial charge in [-0.3, -0.25) is 0 Å². The fourth-order valence-corrected chi connectivity index (χ4v) is 2.38. The molecule has 0 aliphatic carbocycles. The predicted octanol–water partition coefficient (Wildman–Crippen LogP) is 2.12. The first-order valence-corrected chi connectivity index (χ1v) is 6.43. The van der Waals surface area contributed by atoms with Crippen LogP contribution >= 0.6 is 0 Å². The van der Waals surface area contributed by atoms with E-state index in [0.717, 1.165) is 25.9 Å². The van der Waals surface area contributed by atoms with Crippen LogP contribution in [0.25, 0.3) is 0 Å². The smallest absolute Gasteiger partial charge is 0.337 e. The lowest BCUT2D eigenvalue weighted by Gasteiger charge is -2.31. The average Bonchev–Trinajstić information content (AvgIpc) is 2.40. The molecule has 1 aliphatic rings. The Balaban J connectivity index is 2.12. The van der Waals surface area contributed by atoms with Gasteiger partial charge in [0.1, 0.15) is 5.82 Å². The first-order chi connectivity index (χ1) is 9.10. The minimum Gasteiger partial charge on any atom is -0.465 e. The van der Waals surface area contributed by atoms with Crippen LogP contribution in [-0.4, -0.2) is 44.2 Å². The van der Waals surface area contributed by atoms with E-state index in [-0.39, 0.29) is 11.9 Å². The number of nitrogens with one attached hydrogen (secondary N) is 1. The number of methoxy groups -OCH3 is 1. The maximum Gasteiger partial charge on any atom is 0.337 e. The lowest BCUT2D eigenvalue weighted by molar-refractivity contribution is 0.0600. The summed E-state index contributed by atoms with van der Waals surface area (Å²) in [6, 6.07) is 4.44. The minimum absolute atomic E-state index is 0.209. The molecular weight excluding hydrogens is 247 g/mol. The maximum absolute atomic E-state index is 13.8. The zero-order valence-electron chi connectivity index (χ0n) is 11.3. The molecule has 1 atom stereocenters. The number of likely N-dealkylation sites (N-methyl/N-ethyl adjacent to an activating group) is 1. The van der Waals surface area contributed by atoms with Gasteiger partial charge in [0.15, 0.2) is 0 Å². The fraction of sp³-hybridized carbons (Fsp3) is 0.500. The summed E-state index contributed by atoms with van der Waals surface area (Å²) in [5.74, 6) is -0.801. The highest BCUT2D eigenvalue weighted by atomic mass is 19.1. The topological polar surface area (TPSA) is 41.6 Å². The van der Waals surface area contributed by atoms with Crippen LogP contribution in [0, 0.1) is 5.82 Å². The fourth-order valence-electron chi connectivity index (χ4n) is 2.38. The third-order valence-electron chi connectivity index (χ3n) is 3.37. The number of ether oxygens (including phenoxy) is 1. The van der Waals surface area contributed by atoms with Crippen molar-refractivity contribution < 1.29 is 13.9 Å². The molecule has 1 aliphatic heterocycles. The highest BCUT2D eigenvalue weighted by Crippen LogP contribution is 2.20. The third kappa shape index (κ3) is 3.44. The zero-order valence-corrected chi connectivity index (χ0v) is 11.3. The second kappa shape index (κ2) is 6.02. The molecule has 0 amide bonds. The number of rotatable bonds is 3. The summed E-state index contributed by atoms with van der Waals surface area (Å²) in [5.41, 5.74) is 0.721. The number of likely N-dealkylation sites (tertiary alicyclic amines) is 1. The van der Waals surface area contributed by atoms with Crippen molar-refractivity contribution in [1.82, 2.24) is 4.90 Å². The van der Waals surface area contributed by atoms with Crippen LogP contribution in [0.15, 0.2) is 18.2 Å². The van der Waals surface area contributed by atoms with E-state index in [1.165, 1.54) is 25.3 Å². The molecule has 1 heterocycles. The van der Waals surface area contributed by atoms with Crippen LogP contribution in [0.3, 0.4) is 0 Å². The van der Waals surface area contributed by atoms with Crippen molar-refractivity contribution in [3.8, 4) is 0 Å². The molecule has 0 saturated carbocycles. The molecular formula is C14H19FN2O2. The number of benzene rings is 1. The van der Waals surface area contributed by atoms with Crippen molar-refractivity contribution in [1.29, 1.82) is 0 Å². The van der Waals surface area contributed by atoms with Crippen LogP contribution in [-0.2, 0) is 4.74 Å². The lowest BCUT2D eigenvalue weighted by atomic mass is 10.1. The molecule has 0 spiro atoms. The Labute approximate surface area is 112 Å². The normalized spacial score (nSPS) is 20.1. The first-order valence-electron chi connectivity index (χ1n) is 6.43. The largest absolute Gasteiger partial charge is 0.465 e. The summed E-state index contributed by atoms with van der Waals surface area (Å²) in [6.07, 6.45) is 2.10. The molecule has 1 aromatic carbocycles. The molecule has 0 aromatic heterocycles. The Hall–Kier alpha value is -1.62. The molecule has 1 fully saturated rings.